The van der Waals surface area contributed by atoms with Gasteiger partial charge in [-0.2, -0.15) is 5.10 Å². The molecule has 0 radical (unpaired) electrons. The molecule has 2 fully saturated rings. The normalized spacial score (nSPS) is 21.9. The zero-order valence-electron chi connectivity index (χ0n) is 14.2. The minimum Gasteiger partial charge on any atom is -0.335 e. The SMILES string of the molecule is C=CC(=O)N1CC(n2nc(C#CC3CCC(F)(F)C3)c3cccnc32)C1. The van der Waals surface area contributed by atoms with Crippen molar-refractivity contribution in [2.45, 2.75) is 31.2 Å². The second-order valence-electron chi connectivity index (χ2n) is 6.83. The van der Waals surface area contributed by atoms with E-state index in [4.69, 9.17) is 0 Å². The average Bonchev–Trinajstić information content (AvgIpc) is 3.12. The highest BCUT2D eigenvalue weighted by Crippen LogP contribution is 2.38. The van der Waals surface area contributed by atoms with Crippen molar-refractivity contribution in [1.82, 2.24) is 19.7 Å². The fourth-order valence-electron chi connectivity index (χ4n) is 3.48. The van der Waals surface area contributed by atoms with E-state index in [1.165, 1.54) is 6.08 Å². The Morgan fingerprint density at radius 3 is 2.92 bits per heavy atom. The van der Waals surface area contributed by atoms with Crippen LogP contribution in [-0.4, -0.2) is 44.6 Å². The summed E-state index contributed by atoms with van der Waals surface area (Å²) in [6.45, 7) is 4.57. The zero-order valence-corrected chi connectivity index (χ0v) is 14.2. The van der Waals surface area contributed by atoms with Crippen molar-refractivity contribution in [2.75, 3.05) is 13.1 Å². The molecule has 2 aromatic heterocycles. The standard InChI is InChI=1S/C19H18F2N4O/c1-2-17(26)24-11-14(12-24)25-18-15(4-3-9-22-18)16(23-25)6-5-13-7-8-19(20,21)10-13/h2-4,9,13-14H,1,7-8,10-12H2. The number of aromatic nitrogens is 3. The summed E-state index contributed by atoms with van der Waals surface area (Å²) in [7, 11) is 0. The molecular weight excluding hydrogens is 338 g/mol. The third kappa shape index (κ3) is 2.96. The van der Waals surface area contributed by atoms with Gasteiger partial charge < -0.3 is 4.90 Å². The molecule has 3 heterocycles. The van der Waals surface area contributed by atoms with Gasteiger partial charge in [-0.25, -0.2) is 18.4 Å². The lowest BCUT2D eigenvalue weighted by Gasteiger charge is -2.38. The summed E-state index contributed by atoms with van der Waals surface area (Å²) in [6, 6.07) is 3.71. The molecule has 7 heteroatoms. The molecule has 1 saturated heterocycles. The minimum atomic E-state index is -2.60. The number of likely N-dealkylation sites (tertiary alicyclic amines) is 1. The molecule has 4 rings (SSSR count). The van der Waals surface area contributed by atoms with Crippen molar-refractivity contribution >= 4 is 16.9 Å². The molecule has 2 aliphatic rings. The third-order valence-corrected chi connectivity index (χ3v) is 4.96. The number of rotatable bonds is 2. The lowest BCUT2D eigenvalue weighted by molar-refractivity contribution is -0.131. The molecule has 1 aliphatic heterocycles. The van der Waals surface area contributed by atoms with E-state index in [-0.39, 0.29) is 30.7 Å². The first-order valence-electron chi connectivity index (χ1n) is 8.61. The Morgan fingerprint density at radius 1 is 1.42 bits per heavy atom. The molecule has 1 saturated carbocycles. The van der Waals surface area contributed by atoms with Gasteiger partial charge in [-0.1, -0.05) is 12.5 Å². The van der Waals surface area contributed by atoms with E-state index in [1.54, 1.807) is 21.8 Å². The van der Waals surface area contributed by atoms with E-state index in [0.717, 1.165) is 5.39 Å². The predicted molar refractivity (Wildman–Crippen MR) is 92.5 cm³/mol. The van der Waals surface area contributed by atoms with Crippen LogP contribution in [0, 0.1) is 17.8 Å². The molecule has 0 N–H and O–H groups in total. The van der Waals surface area contributed by atoms with Crippen LogP contribution in [-0.2, 0) is 4.79 Å². The maximum Gasteiger partial charge on any atom is 0.249 e. The molecule has 134 valence electrons. The summed E-state index contributed by atoms with van der Waals surface area (Å²) >= 11 is 0. The monoisotopic (exact) mass is 356 g/mol. The van der Waals surface area contributed by atoms with Gasteiger partial charge in [0.05, 0.1) is 11.4 Å². The highest BCUT2D eigenvalue weighted by Gasteiger charge is 2.38. The Bertz CT molecular complexity index is 934. The van der Waals surface area contributed by atoms with Crippen molar-refractivity contribution < 1.29 is 13.6 Å². The molecule has 1 amide bonds. The molecule has 1 unspecified atom stereocenters. The van der Waals surface area contributed by atoms with Gasteiger partial charge in [0, 0.05) is 38.0 Å². The maximum atomic E-state index is 13.3. The lowest BCUT2D eigenvalue weighted by Crippen LogP contribution is -2.50. The second kappa shape index (κ2) is 6.20. The van der Waals surface area contributed by atoms with Crippen LogP contribution in [0.1, 0.15) is 31.0 Å². The van der Waals surface area contributed by atoms with E-state index < -0.39 is 5.92 Å². The number of hydrogen-bond donors (Lipinski definition) is 0. The summed E-state index contributed by atoms with van der Waals surface area (Å²) in [6.07, 6.45) is 3.11. The Kier molecular flexibility index (Phi) is 3.98. The topological polar surface area (TPSA) is 51.0 Å². The van der Waals surface area contributed by atoms with Crippen LogP contribution in [0.2, 0.25) is 0 Å². The number of hydrogen-bond acceptors (Lipinski definition) is 3. The van der Waals surface area contributed by atoms with Gasteiger partial charge in [0.1, 0.15) is 5.69 Å². The third-order valence-electron chi connectivity index (χ3n) is 4.96. The predicted octanol–water partition coefficient (Wildman–Crippen LogP) is 2.79. The van der Waals surface area contributed by atoms with E-state index in [0.29, 0.717) is 30.9 Å². The van der Waals surface area contributed by atoms with Crippen LogP contribution in [0.5, 0.6) is 0 Å². The average molecular weight is 356 g/mol. The number of carbonyl (C=O) groups is 1. The molecule has 5 nitrogen and oxygen atoms in total. The van der Waals surface area contributed by atoms with Crippen LogP contribution in [0.25, 0.3) is 11.0 Å². The number of carbonyl (C=O) groups excluding carboxylic acids is 1. The molecule has 0 aromatic carbocycles. The van der Waals surface area contributed by atoms with Gasteiger partial charge in [0.15, 0.2) is 5.65 Å². The quantitative estimate of drug-likeness (QED) is 0.614. The minimum absolute atomic E-state index is 0.0302. The Balaban J connectivity index is 1.60. The van der Waals surface area contributed by atoms with Crippen LogP contribution >= 0.6 is 0 Å². The Hall–Kier alpha value is -2.75. The molecule has 0 bridgehead atoms. The highest BCUT2D eigenvalue weighted by molar-refractivity contribution is 5.88. The number of halogens is 2. The summed E-state index contributed by atoms with van der Waals surface area (Å²) in [4.78, 5) is 17.7. The molecule has 26 heavy (non-hydrogen) atoms. The molecule has 0 spiro atoms. The first-order valence-corrected chi connectivity index (χ1v) is 8.61. The fraction of sp³-hybridized carbons (Fsp3) is 0.421. The summed E-state index contributed by atoms with van der Waals surface area (Å²) in [5, 5.41) is 5.36. The van der Waals surface area contributed by atoms with Crippen molar-refractivity contribution in [3.05, 3.63) is 36.7 Å². The number of amides is 1. The van der Waals surface area contributed by atoms with Crippen molar-refractivity contribution in [3.63, 3.8) is 0 Å². The fourth-order valence-corrected chi connectivity index (χ4v) is 3.48. The van der Waals surface area contributed by atoms with Crippen molar-refractivity contribution in [2.24, 2.45) is 5.92 Å². The van der Waals surface area contributed by atoms with Gasteiger partial charge in [-0.3, -0.25) is 4.79 Å². The molecule has 2 aromatic rings. The molecular formula is C19H18F2N4O. The van der Waals surface area contributed by atoms with Crippen molar-refractivity contribution in [1.29, 1.82) is 0 Å². The van der Waals surface area contributed by atoms with E-state index in [1.807, 2.05) is 6.07 Å². The van der Waals surface area contributed by atoms with E-state index >= 15 is 0 Å². The largest absolute Gasteiger partial charge is 0.335 e. The summed E-state index contributed by atoms with van der Waals surface area (Å²) < 4.78 is 28.4. The van der Waals surface area contributed by atoms with Crippen LogP contribution < -0.4 is 0 Å². The van der Waals surface area contributed by atoms with Crippen LogP contribution in [0.15, 0.2) is 31.0 Å². The van der Waals surface area contributed by atoms with Gasteiger partial charge in [0.25, 0.3) is 0 Å². The molecule has 1 atom stereocenters. The second-order valence-corrected chi connectivity index (χ2v) is 6.83. The van der Waals surface area contributed by atoms with E-state index in [2.05, 4.69) is 28.5 Å². The van der Waals surface area contributed by atoms with Gasteiger partial charge in [-0.15, -0.1) is 0 Å². The van der Waals surface area contributed by atoms with Crippen molar-refractivity contribution in [3.8, 4) is 11.8 Å². The molecule has 1 aliphatic carbocycles. The highest BCUT2D eigenvalue weighted by atomic mass is 19.3. The summed E-state index contributed by atoms with van der Waals surface area (Å²) in [5.41, 5.74) is 1.25. The number of nitrogens with zero attached hydrogens (tertiary/aromatic N) is 4. The number of alkyl halides is 2. The Labute approximate surface area is 149 Å². The van der Waals surface area contributed by atoms with Crippen LogP contribution in [0.3, 0.4) is 0 Å². The van der Waals surface area contributed by atoms with Gasteiger partial charge >= 0.3 is 0 Å². The van der Waals surface area contributed by atoms with Crippen LogP contribution in [0.4, 0.5) is 8.78 Å². The summed E-state index contributed by atoms with van der Waals surface area (Å²) in [5.74, 6) is 2.94. The van der Waals surface area contributed by atoms with Gasteiger partial charge in [0.2, 0.25) is 11.8 Å². The van der Waals surface area contributed by atoms with E-state index in [9.17, 15) is 13.6 Å². The number of pyridine rings is 1. The zero-order chi connectivity index (χ0) is 18.3. The first-order chi connectivity index (χ1) is 12.5. The first kappa shape index (κ1) is 16.7. The number of fused-ring (bicyclic) bond motifs is 1. The smallest absolute Gasteiger partial charge is 0.249 e. The maximum absolute atomic E-state index is 13.3. The Morgan fingerprint density at radius 2 is 2.23 bits per heavy atom. The lowest BCUT2D eigenvalue weighted by atomic mass is 10.1. The van der Waals surface area contributed by atoms with Gasteiger partial charge in [-0.05, 0) is 30.6 Å².